The van der Waals surface area contributed by atoms with Gasteiger partial charge in [0.25, 0.3) is 5.91 Å². The number of fused-ring (bicyclic) bond motifs is 3. The quantitative estimate of drug-likeness (QED) is 0.101. The number of amides is 4. The highest BCUT2D eigenvalue weighted by molar-refractivity contribution is 7.13. The van der Waals surface area contributed by atoms with E-state index < -0.39 is 41.4 Å². The van der Waals surface area contributed by atoms with E-state index >= 15 is 4.79 Å². The predicted octanol–water partition coefficient (Wildman–Crippen LogP) is 6.98. The lowest BCUT2D eigenvalue weighted by molar-refractivity contribution is -0.141. The Morgan fingerprint density at radius 1 is 1.08 bits per heavy atom. The van der Waals surface area contributed by atoms with Crippen LogP contribution in [0.4, 0.5) is 0 Å². The third-order valence-electron chi connectivity index (χ3n) is 14.0. The van der Waals surface area contributed by atoms with E-state index in [4.69, 9.17) is 24.0 Å². The van der Waals surface area contributed by atoms with Crippen molar-refractivity contribution >= 4 is 45.9 Å². The molecule has 16 heteroatoms. The fourth-order valence-electron chi connectivity index (χ4n) is 9.23. The molecule has 5 heterocycles. The van der Waals surface area contributed by atoms with Crippen molar-refractivity contribution < 1.29 is 38.3 Å². The number of hydrogen-bond donors (Lipinski definition) is 4. The number of aromatic nitrogens is 3. The molecule has 0 bridgehead atoms. The van der Waals surface area contributed by atoms with E-state index in [9.17, 15) is 19.5 Å². The molecule has 6 atom stereocenters. The number of aryl methyl sites for hydroxylation is 1. The summed E-state index contributed by atoms with van der Waals surface area (Å²) >= 11 is 1.50. The number of methoxy groups -OCH3 is 1. The molecule has 348 valence electrons. The summed E-state index contributed by atoms with van der Waals surface area (Å²) < 4.78 is 18.0. The summed E-state index contributed by atoms with van der Waals surface area (Å²) in [4.78, 5) is 69.3. The van der Waals surface area contributed by atoms with Crippen LogP contribution >= 0.6 is 11.3 Å². The lowest BCUT2D eigenvalue weighted by atomic mass is 9.91. The zero-order valence-corrected chi connectivity index (χ0v) is 39.4. The summed E-state index contributed by atoms with van der Waals surface area (Å²) in [7, 11) is 1.62. The molecule has 3 aromatic heterocycles. The molecule has 2 aliphatic carbocycles. The molecule has 8 rings (SSSR count). The van der Waals surface area contributed by atoms with Gasteiger partial charge in [0.2, 0.25) is 17.7 Å². The number of carbonyl (C=O) groups is 4. The number of aliphatic hydroxyl groups is 1. The summed E-state index contributed by atoms with van der Waals surface area (Å²) in [6.07, 6.45) is 9.33. The second-order valence-corrected chi connectivity index (χ2v) is 20.2. The van der Waals surface area contributed by atoms with Crippen LogP contribution in [0.2, 0.25) is 0 Å². The van der Waals surface area contributed by atoms with E-state index in [0.717, 1.165) is 53.8 Å². The van der Waals surface area contributed by atoms with Crippen LogP contribution in [0.15, 0.2) is 46.3 Å². The molecule has 2 aliphatic heterocycles. The van der Waals surface area contributed by atoms with Gasteiger partial charge in [0.05, 0.1) is 24.9 Å². The molecule has 1 aromatic carbocycles. The third kappa shape index (κ3) is 9.65. The maximum atomic E-state index is 15.0. The highest BCUT2D eigenvalue weighted by Gasteiger charge is 2.61. The minimum atomic E-state index is -1.23. The SMILES string of the molecule is COc1ccc2c(O[C@@H]3C[C@H]4C(=O)N[C@]5(C(=O)NCC(CO)C6(C)CC6)C[C@H]5/C=C\CCCCC[C@H](NC(=O)c5cc(C(C)C)on5)C(=O)N4C3)cc(-c3nc(C(C)C)cs3)nc2c1C. The maximum Gasteiger partial charge on any atom is 0.274 e. The average Bonchev–Trinajstić information content (AvgIpc) is 3.85. The average molecular weight is 910 g/mol. The Kier molecular flexibility index (Phi) is 13.4. The standard InChI is InChI=1S/C49H63N7O8S/c1-27(2)37-26-65-45(53-37)36-21-41(33-15-16-39(62-7)29(5)42(33)51-36)63-32-19-38-44(59)54-49(47(61)50-23-31(25-57)48(6)17-18-48)22-30(49)13-11-9-8-10-12-14-34(46(60)56(38)24-32)52-43(58)35-20-40(28(3)4)64-55-35/h11,13,15-16,20-21,26-28,30-32,34,38,57H,8-10,12,14,17-19,22-25H2,1-7H3,(H,50,61)(H,52,58)(H,54,59)/b13-11-/t30-,31?,32-,34+,38+,49-/m1/s1. The van der Waals surface area contributed by atoms with Gasteiger partial charge >= 0.3 is 0 Å². The van der Waals surface area contributed by atoms with Crippen molar-refractivity contribution in [3.05, 3.63) is 64.5 Å². The molecule has 15 nitrogen and oxygen atoms in total. The number of allylic oxidation sites excluding steroid dienone is 1. The Bertz CT molecular complexity index is 2460. The van der Waals surface area contributed by atoms with Gasteiger partial charge in [0.15, 0.2) is 5.69 Å². The van der Waals surface area contributed by atoms with Crippen LogP contribution in [-0.2, 0) is 14.4 Å². The topological polar surface area (TPSA) is 198 Å². The van der Waals surface area contributed by atoms with Crippen LogP contribution < -0.4 is 25.4 Å². The van der Waals surface area contributed by atoms with E-state index in [-0.39, 0.29) is 60.3 Å². The number of hydrogen-bond acceptors (Lipinski definition) is 12. The van der Waals surface area contributed by atoms with E-state index in [1.807, 2.05) is 50.4 Å². The van der Waals surface area contributed by atoms with Gasteiger partial charge in [-0.3, -0.25) is 19.2 Å². The van der Waals surface area contributed by atoms with Gasteiger partial charge < -0.3 is 40.0 Å². The van der Waals surface area contributed by atoms with Crippen LogP contribution in [-0.4, -0.2) is 99.3 Å². The second kappa shape index (κ2) is 18.9. The fourth-order valence-corrected chi connectivity index (χ4v) is 10.2. The van der Waals surface area contributed by atoms with Gasteiger partial charge in [-0.25, -0.2) is 9.97 Å². The largest absolute Gasteiger partial charge is 0.496 e. The number of aliphatic hydroxyl groups excluding tert-OH is 1. The summed E-state index contributed by atoms with van der Waals surface area (Å²) in [5, 5.41) is 26.9. The number of pyridine rings is 1. The third-order valence-corrected chi connectivity index (χ3v) is 14.9. The van der Waals surface area contributed by atoms with Gasteiger partial charge in [0, 0.05) is 65.8 Å². The van der Waals surface area contributed by atoms with Crippen molar-refractivity contribution in [3.8, 4) is 22.2 Å². The van der Waals surface area contributed by atoms with Gasteiger partial charge in [-0.2, -0.15) is 0 Å². The summed E-state index contributed by atoms with van der Waals surface area (Å²) in [5.74, 6) is -0.136. The predicted molar refractivity (Wildman–Crippen MR) is 247 cm³/mol. The highest BCUT2D eigenvalue weighted by Crippen LogP contribution is 2.51. The lowest BCUT2D eigenvalue weighted by Gasteiger charge is -2.30. The van der Waals surface area contributed by atoms with Crippen LogP contribution in [0.25, 0.3) is 21.6 Å². The van der Waals surface area contributed by atoms with Crippen molar-refractivity contribution in [1.29, 1.82) is 0 Å². The van der Waals surface area contributed by atoms with Crippen molar-refractivity contribution in [3.63, 3.8) is 0 Å². The Hall–Kier alpha value is -5.35. The molecule has 0 spiro atoms. The van der Waals surface area contributed by atoms with E-state index in [1.165, 1.54) is 16.2 Å². The number of nitrogens with zero attached hydrogens (tertiary/aromatic N) is 4. The van der Waals surface area contributed by atoms with Crippen LogP contribution in [0, 0.1) is 24.2 Å². The summed E-state index contributed by atoms with van der Waals surface area (Å²) in [5.41, 5.74) is 1.90. The lowest BCUT2D eigenvalue weighted by Crippen LogP contribution is -2.58. The second-order valence-electron chi connectivity index (χ2n) is 19.4. The number of nitrogens with one attached hydrogen (secondary N) is 3. The van der Waals surface area contributed by atoms with Crippen LogP contribution in [0.5, 0.6) is 11.5 Å². The number of rotatable bonds is 13. The van der Waals surface area contributed by atoms with E-state index in [2.05, 4.69) is 48.0 Å². The number of thiazole rings is 1. The van der Waals surface area contributed by atoms with Crippen molar-refractivity contribution in [2.45, 2.75) is 135 Å². The number of benzene rings is 1. The molecule has 2 saturated carbocycles. The smallest absolute Gasteiger partial charge is 0.274 e. The summed E-state index contributed by atoms with van der Waals surface area (Å²) in [6.45, 7) is 12.4. The molecule has 1 saturated heterocycles. The highest BCUT2D eigenvalue weighted by atomic mass is 32.1. The molecule has 65 heavy (non-hydrogen) atoms. The zero-order chi connectivity index (χ0) is 46.2. The molecule has 3 fully saturated rings. The van der Waals surface area contributed by atoms with Crippen molar-refractivity contribution in [1.82, 2.24) is 36.0 Å². The first-order chi connectivity index (χ1) is 31.1. The molecular formula is C49H63N7O8S. The maximum absolute atomic E-state index is 15.0. The molecule has 4 N–H and O–H groups in total. The fraction of sp³-hybridized carbons (Fsp3) is 0.571. The Morgan fingerprint density at radius 2 is 1.88 bits per heavy atom. The minimum absolute atomic E-state index is 0.00613. The Morgan fingerprint density at radius 3 is 2.57 bits per heavy atom. The summed E-state index contributed by atoms with van der Waals surface area (Å²) in [6, 6.07) is 5.20. The van der Waals surface area contributed by atoms with Crippen molar-refractivity contribution in [2.75, 3.05) is 26.8 Å². The first-order valence-corrected chi connectivity index (χ1v) is 24.1. The first-order valence-electron chi connectivity index (χ1n) is 23.2. The number of carbonyl (C=O) groups excluding carboxylic acids is 4. The Balaban J connectivity index is 1.13. The van der Waals surface area contributed by atoms with Gasteiger partial charge in [-0.05, 0) is 68.9 Å². The molecule has 0 radical (unpaired) electrons. The monoisotopic (exact) mass is 909 g/mol. The molecular weight excluding hydrogens is 847 g/mol. The molecule has 4 aliphatic rings. The van der Waals surface area contributed by atoms with Crippen LogP contribution in [0.3, 0.4) is 0 Å². The normalized spacial score (nSPS) is 25.2. The Labute approximate surface area is 384 Å². The van der Waals surface area contributed by atoms with Crippen LogP contribution in [0.1, 0.15) is 132 Å². The minimum Gasteiger partial charge on any atom is -0.496 e. The number of ether oxygens (including phenoxy) is 2. The molecule has 4 aromatic rings. The van der Waals surface area contributed by atoms with Gasteiger partial charge in [0.1, 0.15) is 51.7 Å². The first kappa shape index (κ1) is 46.2. The van der Waals surface area contributed by atoms with E-state index in [1.54, 1.807) is 13.2 Å². The molecule has 4 amide bonds. The van der Waals surface area contributed by atoms with Crippen molar-refractivity contribution in [2.24, 2.45) is 17.3 Å². The molecule has 1 unspecified atom stereocenters. The van der Waals surface area contributed by atoms with Gasteiger partial charge in [-0.15, -0.1) is 11.3 Å². The van der Waals surface area contributed by atoms with E-state index in [0.29, 0.717) is 54.3 Å². The zero-order valence-electron chi connectivity index (χ0n) is 38.6. The van der Waals surface area contributed by atoms with Gasteiger partial charge in [-0.1, -0.05) is 64.8 Å².